The molecule has 8 heteroatoms. The standard InChI is InChI=1S/C16H18FN3O3S/c1-20-16(13-4-6-14(17)7-5-13)15(11-23-20)24(21,22)19-10-12-3-2-8-18-9-12/h2-9,15-16,19H,10-11H2,1H3. The van der Waals surface area contributed by atoms with Gasteiger partial charge in [-0.05, 0) is 29.3 Å². The minimum absolute atomic E-state index is 0.0426. The molecule has 2 unspecified atom stereocenters. The van der Waals surface area contributed by atoms with Crippen molar-refractivity contribution in [3.8, 4) is 0 Å². The van der Waals surface area contributed by atoms with Gasteiger partial charge in [0.15, 0.2) is 0 Å². The Morgan fingerprint density at radius 2 is 2.08 bits per heavy atom. The Hall–Kier alpha value is -1.87. The number of nitrogens with one attached hydrogen (secondary N) is 1. The molecule has 1 fully saturated rings. The molecular formula is C16H18FN3O3S. The molecule has 2 aromatic rings. The van der Waals surface area contributed by atoms with Crippen LogP contribution in [0.5, 0.6) is 0 Å². The molecule has 0 amide bonds. The zero-order chi connectivity index (χ0) is 17.2. The van der Waals surface area contributed by atoms with Crippen LogP contribution < -0.4 is 4.72 Å². The van der Waals surface area contributed by atoms with Gasteiger partial charge in [0.2, 0.25) is 10.0 Å². The zero-order valence-corrected chi connectivity index (χ0v) is 13.9. The van der Waals surface area contributed by atoms with E-state index in [4.69, 9.17) is 4.84 Å². The van der Waals surface area contributed by atoms with E-state index in [1.54, 1.807) is 43.7 Å². The van der Waals surface area contributed by atoms with Crippen molar-refractivity contribution in [1.29, 1.82) is 0 Å². The molecule has 24 heavy (non-hydrogen) atoms. The summed E-state index contributed by atoms with van der Waals surface area (Å²) < 4.78 is 41.1. The van der Waals surface area contributed by atoms with Crippen LogP contribution in [0.1, 0.15) is 17.2 Å². The van der Waals surface area contributed by atoms with Crippen molar-refractivity contribution in [3.05, 3.63) is 65.7 Å². The van der Waals surface area contributed by atoms with Gasteiger partial charge in [-0.15, -0.1) is 0 Å². The third-order valence-electron chi connectivity index (χ3n) is 4.00. The zero-order valence-electron chi connectivity index (χ0n) is 13.1. The number of benzene rings is 1. The quantitative estimate of drug-likeness (QED) is 0.886. The lowest BCUT2D eigenvalue weighted by Crippen LogP contribution is -2.39. The maximum atomic E-state index is 13.1. The third kappa shape index (κ3) is 3.62. The van der Waals surface area contributed by atoms with Crippen LogP contribution in [0.2, 0.25) is 0 Å². The molecular weight excluding hydrogens is 333 g/mol. The van der Waals surface area contributed by atoms with Gasteiger partial charge in [-0.3, -0.25) is 9.82 Å². The first-order valence-corrected chi connectivity index (χ1v) is 9.00. The molecule has 2 atom stereocenters. The van der Waals surface area contributed by atoms with E-state index in [2.05, 4.69) is 9.71 Å². The fraction of sp³-hybridized carbons (Fsp3) is 0.312. The Morgan fingerprint density at radius 1 is 1.33 bits per heavy atom. The van der Waals surface area contributed by atoms with E-state index in [9.17, 15) is 12.8 Å². The van der Waals surface area contributed by atoms with E-state index in [0.717, 1.165) is 5.56 Å². The Kier molecular flexibility index (Phi) is 4.91. The first-order chi connectivity index (χ1) is 11.5. The van der Waals surface area contributed by atoms with Gasteiger partial charge < -0.3 is 0 Å². The van der Waals surface area contributed by atoms with Gasteiger partial charge in [-0.25, -0.2) is 17.5 Å². The fourth-order valence-electron chi connectivity index (χ4n) is 2.73. The summed E-state index contributed by atoms with van der Waals surface area (Å²) in [6, 6.07) is 8.82. The monoisotopic (exact) mass is 351 g/mol. The molecule has 6 nitrogen and oxygen atoms in total. The first-order valence-electron chi connectivity index (χ1n) is 7.46. The summed E-state index contributed by atoms with van der Waals surface area (Å²) in [7, 11) is -1.97. The van der Waals surface area contributed by atoms with Crippen LogP contribution in [0.3, 0.4) is 0 Å². The minimum Gasteiger partial charge on any atom is -0.297 e. The van der Waals surface area contributed by atoms with E-state index < -0.39 is 21.3 Å². The van der Waals surface area contributed by atoms with Crippen molar-refractivity contribution < 1.29 is 17.6 Å². The van der Waals surface area contributed by atoms with E-state index in [-0.39, 0.29) is 19.0 Å². The summed E-state index contributed by atoms with van der Waals surface area (Å²) in [6.45, 7) is 0.202. The molecule has 0 spiro atoms. The summed E-state index contributed by atoms with van der Waals surface area (Å²) in [5, 5.41) is 0.714. The normalized spacial score (nSPS) is 21.9. The van der Waals surface area contributed by atoms with Gasteiger partial charge in [0, 0.05) is 26.0 Å². The lowest BCUT2D eigenvalue weighted by atomic mass is 10.0. The molecule has 1 aromatic heterocycles. The predicted molar refractivity (Wildman–Crippen MR) is 86.6 cm³/mol. The number of hydroxylamine groups is 2. The molecule has 1 aromatic carbocycles. The molecule has 128 valence electrons. The van der Waals surface area contributed by atoms with Crippen molar-refractivity contribution in [2.45, 2.75) is 17.8 Å². The Morgan fingerprint density at radius 3 is 2.75 bits per heavy atom. The summed E-state index contributed by atoms with van der Waals surface area (Å²) >= 11 is 0. The van der Waals surface area contributed by atoms with Crippen molar-refractivity contribution in [2.75, 3.05) is 13.7 Å². The summed E-state index contributed by atoms with van der Waals surface area (Å²) in [6.07, 6.45) is 3.24. The number of nitrogens with zero attached hydrogens (tertiary/aromatic N) is 2. The SMILES string of the molecule is CN1OCC(S(=O)(=O)NCc2cccnc2)C1c1ccc(F)cc1. The largest absolute Gasteiger partial charge is 0.297 e. The summed E-state index contributed by atoms with van der Waals surface area (Å²) in [5.74, 6) is -0.366. The number of halogens is 1. The second kappa shape index (κ2) is 6.94. The van der Waals surface area contributed by atoms with Gasteiger partial charge >= 0.3 is 0 Å². The summed E-state index contributed by atoms with van der Waals surface area (Å²) in [4.78, 5) is 9.37. The van der Waals surface area contributed by atoms with Crippen LogP contribution in [0, 0.1) is 5.82 Å². The fourth-order valence-corrected chi connectivity index (χ4v) is 4.22. The molecule has 0 saturated carbocycles. The highest BCUT2D eigenvalue weighted by Gasteiger charge is 2.43. The average Bonchev–Trinajstić information content (AvgIpc) is 2.97. The van der Waals surface area contributed by atoms with Crippen LogP contribution >= 0.6 is 0 Å². The molecule has 3 rings (SSSR count). The van der Waals surface area contributed by atoms with Crippen molar-refractivity contribution >= 4 is 10.0 Å². The Labute approximate surface area is 140 Å². The third-order valence-corrected chi connectivity index (χ3v) is 5.73. The molecule has 1 aliphatic rings. The van der Waals surface area contributed by atoms with Gasteiger partial charge in [0.05, 0.1) is 12.6 Å². The number of hydrogen-bond acceptors (Lipinski definition) is 5. The number of rotatable bonds is 5. The van der Waals surface area contributed by atoms with Crippen molar-refractivity contribution in [2.24, 2.45) is 0 Å². The van der Waals surface area contributed by atoms with Gasteiger partial charge in [-0.1, -0.05) is 18.2 Å². The second-order valence-electron chi connectivity index (χ2n) is 5.60. The number of aromatic nitrogens is 1. The minimum atomic E-state index is -3.64. The first kappa shape index (κ1) is 17.0. The lowest BCUT2D eigenvalue weighted by molar-refractivity contribution is -0.110. The van der Waals surface area contributed by atoms with Crippen LogP contribution in [0.15, 0.2) is 48.8 Å². The molecule has 0 bridgehead atoms. The second-order valence-corrected chi connectivity index (χ2v) is 7.59. The average molecular weight is 351 g/mol. The molecule has 0 radical (unpaired) electrons. The topological polar surface area (TPSA) is 71.5 Å². The highest BCUT2D eigenvalue weighted by atomic mass is 32.2. The number of pyridine rings is 1. The van der Waals surface area contributed by atoms with Crippen molar-refractivity contribution in [1.82, 2.24) is 14.8 Å². The number of sulfonamides is 1. The van der Waals surface area contributed by atoms with Gasteiger partial charge in [0.1, 0.15) is 11.1 Å². The van der Waals surface area contributed by atoms with E-state index in [1.807, 2.05) is 0 Å². The maximum Gasteiger partial charge on any atom is 0.219 e. The smallest absolute Gasteiger partial charge is 0.219 e. The van der Waals surface area contributed by atoms with E-state index in [1.165, 1.54) is 17.2 Å². The van der Waals surface area contributed by atoms with Gasteiger partial charge in [0.25, 0.3) is 0 Å². The van der Waals surface area contributed by atoms with Crippen molar-refractivity contribution in [3.63, 3.8) is 0 Å². The maximum absolute atomic E-state index is 13.1. The Balaban J connectivity index is 1.79. The molecule has 1 N–H and O–H groups in total. The van der Waals surface area contributed by atoms with Crippen LogP contribution in [-0.4, -0.2) is 37.4 Å². The lowest BCUT2D eigenvalue weighted by Gasteiger charge is -2.23. The van der Waals surface area contributed by atoms with Gasteiger partial charge in [-0.2, -0.15) is 5.06 Å². The molecule has 2 heterocycles. The van der Waals surface area contributed by atoms with Crippen LogP contribution in [0.25, 0.3) is 0 Å². The molecule has 1 saturated heterocycles. The predicted octanol–water partition coefficient (Wildman–Crippen LogP) is 1.63. The summed E-state index contributed by atoms with van der Waals surface area (Å²) in [5.41, 5.74) is 1.46. The molecule has 0 aliphatic carbocycles. The highest BCUT2D eigenvalue weighted by Crippen LogP contribution is 2.33. The number of hydrogen-bond donors (Lipinski definition) is 1. The van der Waals surface area contributed by atoms with E-state index in [0.29, 0.717) is 5.56 Å². The highest BCUT2D eigenvalue weighted by molar-refractivity contribution is 7.90. The molecule has 1 aliphatic heterocycles. The van der Waals surface area contributed by atoms with Crippen LogP contribution in [-0.2, 0) is 21.4 Å². The Bertz CT molecular complexity index is 784. The van der Waals surface area contributed by atoms with Crippen LogP contribution in [0.4, 0.5) is 4.39 Å². The van der Waals surface area contributed by atoms with E-state index >= 15 is 0 Å².